The van der Waals surface area contributed by atoms with Crippen LogP contribution in [0, 0.1) is 0 Å². The highest BCUT2D eigenvalue weighted by molar-refractivity contribution is 5.95. The molecular formula is C21H22N2O4. The van der Waals surface area contributed by atoms with Gasteiger partial charge in [-0.05, 0) is 60.2 Å². The average Bonchev–Trinajstić information content (AvgIpc) is 3.12. The third-order valence-electron chi connectivity index (χ3n) is 4.45. The van der Waals surface area contributed by atoms with Crippen LogP contribution in [0.15, 0.2) is 42.5 Å². The van der Waals surface area contributed by atoms with Crippen LogP contribution >= 0.6 is 0 Å². The first-order valence-electron chi connectivity index (χ1n) is 8.93. The number of carbonyl (C=O) groups excluding carboxylic acids is 3. The van der Waals surface area contributed by atoms with Crippen molar-refractivity contribution in [3.05, 3.63) is 64.7 Å². The van der Waals surface area contributed by atoms with Crippen LogP contribution in [0.5, 0.6) is 0 Å². The maximum atomic E-state index is 12.1. The van der Waals surface area contributed by atoms with Gasteiger partial charge >= 0.3 is 5.97 Å². The fourth-order valence-corrected chi connectivity index (χ4v) is 3.05. The molecule has 1 aliphatic carbocycles. The van der Waals surface area contributed by atoms with Gasteiger partial charge in [0.2, 0.25) is 5.91 Å². The van der Waals surface area contributed by atoms with E-state index >= 15 is 0 Å². The molecular weight excluding hydrogens is 344 g/mol. The zero-order valence-electron chi connectivity index (χ0n) is 15.2. The first-order valence-corrected chi connectivity index (χ1v) is 8.93. The summed E-state index contributed by atoms with van der Waals surface area (Å²) in [5.74, 6) is -1.05. The predicted molar refractivity (Wildman–Crippen MR) is 101 cm³/mol. The molecule has 1 aliphatic rings. The molecule has 0 saturated carbocycles. The Bertz CT molecular complexity index is 859. The molecule has 140 valence electrons. The number of hydrogen-bond acceptors (Lipinski definition) is 4. The van der Waals surface area contributed by atoms with E-state index in [1.807, 2.05) is 18.2 Å². The molecule has 2 aromatic carbocycles. The van der Waals surface area contributed by atoms with Gasteiger partial charge in [0.1, 0.15) is 0 Å². The Morgan fingerprint density at radius 3 is 2.48 bits per heavy atom. The fraction of sp³-hybridized carbons (Fsp3) is 0.286. The van der Waals surface area contributed by atoms with Crippen molar-refractivity contribution >= 4 is 23.5 Å². The van der Waals surface area contributed by atoms with Crippen molar-refractivity contribution in [1.82, 2.24) is 5.32 Å². The molecule has 0 heterocycles. The summed E-state index contributed by atoms with van der Waals surface area (Å²) in [7, 11) is 0. The Hall–Kier alpha value is -3.15. The van der Waals surface area contributed by atoms with Crippen LogP contribution in [-0.2, 0) is 33.7 Å². The number of aryl methyl sites for hydroxylation is 2. The number of hydrogen-bond donors (Lipinski definition) is 2. The highest BCUT2D eigenvalue weighted by atomic mass is 16.5. The maximum Gasteiger partial charge on any atom is 0.338 e. The molecule has 0 unspecified atom stereocenters. The number of amides is 2. The van der Waals surface area contributed by atoms with Crippen LogP contribution in [0.25, 0.3) is 0 Å². The first-order chi connectivity index (χ1) is 13.0. The number of benzene rings is 2. The zero-order valence-corrected chi connectivity index (χ0v) is 15.2. The summed E-state index contributed by atoms with van der Waals surface area (Å²) >= 11 is 0. The van der Waals surface area contributed by atoms with Gasteiger partial charge in [-0.3, -0.25) is 9.59 Å². The lowest BCUT2D eigenvalue weighted by Crippen LogP contribution is -2.21. The van der Waals surface area contributed by atoms with Gasteiger partial charge in [-0.1, -0.05) is 18.2 Å². The van der Waals surface area contributed by atoms with Gasteiger partial charge in [-0.25, -0.2) is 4.79 Å². The second kappa shape index (κ2) is 8.49. The number of nitrogens with one attached hydrogen (secondary N) is 2. The van der Waals surface area contributed by atoms with Crippen LogP contribution in [0.1, 0.15) is 40.4 Å². The highest BCUT2D eigenvalue weighted by Gasteiger charge is 2.13. The van der Waals surface area contributed by atoms with Crippen molar-refractivity contribution in [2.45, 2.75) is 32.7 Å². The quantitative estimate of drug-likeness (QED) is 0.770. The molecule has 2 amide bonds. The van der Waals surface area contributed by atoms with E-state index in [2.05, 4.69) is 10.6 Å². The molecule has 0 fully saturated rings. The van der Waals surface area contributed by atoms with Gasteiger partial charge in [0, 0.05) is 19.2 Å². The van der Waals surface area contributed by atoms with Crippen molar-refractivity contribution in [2.24, 2.45) is 0 Å². The summed E-state index contributed by atoms with van der Waals surface area (Å²) in [6, 6.07) is 12.6. The van der Waals surface area contributed by atoms with Gasteiger partial charge in [-0.15, -0.1) is 0 Å². The smallest absolute Gasteiger partial charge is 0.338 e. The van der Waals surface area contributed by atoms with Gasteiger partial charge in [-0.2, -0.15) is 0 Å². The van der Waals surface area contributed by atoms with E-state index in [4.69, 9.17) is 4.74 Å². The normalized spacial score (nSPS) is 12.2. The van der Waals surface area contributed by atoms with E-state index in [0.717, 1.165) is 30.5 Å². The van der Waals surface area contributed by atoms with Crippen molar-refractivity contribution in [3.63, 3.8) is 0 Å². The molecule has 2 N–H and O–H groups in total. The number of ether oxygens (including phenoxy) is 1. The molecule has 0 atom stereocenters. The second-order valence-corrected chi connectivity index (χ2v) is 6.57. The van der Waals surface area contributed by atoms with Crippen LogP contribution in [-0.4, -0.2) is 24.4 Å². The Balaban J connectivity index is 1.48. The van der Waals surface area contributed by atoms with Crippen LogP contribution < -0.4 is 10.6 Å². The summed E-state index contributed by atoms with van der Waals surface area (Å²) in [6.45, 7) is 1.50. The minimum atomic E-state index is -0.565. The van der Waals surface area contributed by atoms with Crippen LogP contribution in [0.4, 0.5) is 5.69 Å². The van der Waals surface area contributed by atoms with Gasteiger partial charge in [0.05, 0.1) is 5.56 Å². The van der Waals surface area contributed by atoms with E-state index in [9.17, 15) is 14.4 Å². The van der Waals surface area contributed by atoms with Gasteiger partial charge in [0.15, 0.2) is 6.61 Å². The molecule has 0 aliphatic heterocycles. The minimum Gasteiger partial charge on any atom is -0.452 e. The molecule has 0 radical (unpaired) electrons. The second-order valence-electron chi connectivity index (χ2n) is 6.57. The van der Waals surface area contributed by atoms with E-state index in [1.165, 1.54) is 18.1 Å². The van der Waals surface area contributed by atoms with E-state index in [1.54, 1.807) is 24.3 Å². The SMILES string of the molecule is CC(=O)NCc1ccc(C(=O)OCC(=O)Nc2ccc3c(c2)CCC3)cc1. The van der Waals surface area contributed by atoms with Crippen molar-refractivity contribution in [3.8, 4) is 0 Å². The van der Waals surface area contributed by atoms with Crippen LogP contribution in [0.3, 0.4) is 0 Å². The molecule has 0 spiro atoms. The number of rotatable bonds is 6. The Morgan fingerprint density at radius 1 is 1.00 bits per heavy atom. The maximum absolute atomic E-state index is 12.1. The molecule has 0 aromatic heterocycles. The van der Waals surface area contributed by atoms with E-state index in [0.29, 0.717) is 12.1 Å². The molecule has 3 rings (SSSR count). The Morgan fingerprint density at radius 2 is 1.74 bits per heavy atom. The standard InChI is InChI=1S/C21H22N2O4/c1-14(24)22-12-15-5-7-17(8-6-15)21(26)27-13-20(25)23-19-10-9-16-3-2-4-18(16)11-19/h5-11H,2-4,12-13H2,1H3,(H,22,24)(H,23,25). The lowest BCUT2D eigenvalue weighted by molar-refractivity contribution is -0.119. The molecule has 0 saturated heterocycles. The number of fused-ring (bicyclic) bond motifs is 1. The lowest BCUT2D eigenvalue weighted by Gasteiger charge is -2.09. The van der Waals surface area contributed by atoms with E-state index < -0.39 is 5.97 Å². The first kappa shape index (κ1) is 18.6. The summed E-state index contributed by atoms with van der Waals surface area (Å²) in [5, 5.41) is 5.44. The minimum absolute atomic E-state index is 0.118. The summed E-state index contributed by atoms with van der Waals surface area (Å²) in [4.78, 5) is 35.0. The molecule has 2 aromatic rings. The largest absolute Gasteiger partial charge is 0.452 e. The monoisotopic (exact) mass is 366 g/mol. The highest BCUT2D eigenvalue weighted by Crippen LogP contribution is 2.24. The predicted octanol–water partition coefficient (Wildman–Crippen LogP) is 2.61. The van der Waals surface area contributed by atoms with Crippen molar-refractivity contribution in [1.29, 1.82) is 0 Å². The lowest BCUT2D eigenvalue weighted by atomic mass is 10.1. The Kier molecular flexibility index (Phi) is 5.86. The average molecular weight is 366 g/mol. The van der Waals surface area contributed by atoms with Crippen molar-refractivity contribution < 1.29 is 19.1 Å². The van der Waals surface area contributed by atoms with Gasteiger partial charge in [0.25, 0.3) is 5.91 Å². The van der Waals surface area contributed by atoms with E-state index in [-0.39, 0.29) is 18.4 Å². The third-order valence-corrected chi connectivity index (χ3v) is 4.45. The number of carbonyl (C=O) groups is 3. The topological polar surface area (TPSA) is 84.5 Å². The zero-order chi connectivity index (χ0) is 19.2. The molecule has 27 heavy (non-hydrogen) atoms. The number of esters is 1. The molecule has 6 heteroatoms. The summed E-state index contributed by atoms with van der Waals surface area (Å²) in [6.07, 6.45) is 3.27. The molecule has 0 bridgehead atoms. The fourth-order valence-electron chi connectivity index (χ4n) is 3.05. The Labute approximate surface area is 157 Å². The third kappa shape index (κ3) is 5.17. The van der Waals surface area contributed by atoms with Gasteiger partial charge < -0.3 is 15.4 Å². The summed E-state index contributed by atoms with van der Waals surface area (Å²) in [5.41, 5.74) is 4.55. The number of anilines is 1. The molecule has 6 nitrogen and oxygen atoms in total. The summed E-state index contributed by atoms with van der Waals surface area (Å²) < 4.78 is 5.07. The van der Waals surface area contributed by atoms with Crippen molar-refractivity contribution in [2.75, 3.05) is 11.9 Å². The van der Waals surface area contributed by atoms with Crippen LogP contribution in [0.2, 0.25) is 0 Å².